The van der Waals surface area contributed by atoms with Crippen LogP contribution < -0.4 is 4.72 Å². The average molecular weight is 254 g/mol. The minimum absolute atomic E-state index is 0.223. The summed E-state index contributed by atoms with van der Waals surface area (Å²) < 4.78 is 26.1. The molecule has 84 valence electrons. The molecule has 0 radical (unpaired) electrons. The van der Waals surface area contributed by atoms with Crippen LogP contribution in [-0.4, -0.2) is 13.4 Å². The van der Waals surface area contributed by atoms with Gasteiger partial charge < -0.3 is 0 Å². The van der Waals surface area contributed by atoms with E-state index in [2.05, 4.69) is 9.71 Å². The molecule has 0 saturated heterocycles. The predicted octanol–water partition coefficient (Wildman–Crippen LogP) is 1.62. The summed E-state index contributed by atoms with van der Waals surface area (Å²) in [5, 5.41) is 1.81. The van der Waals surface area contributed by atoms with Crippen LogP contribution in [0.15, 0.2) is 46.1 Å². The van der Waals surface area contributed by atoms with Crippen LogP contribution in [0, 0.1) is 0 Å². The van der Waals surface area contributed by atoms with Crippen molar-refractivity contribution in [2.45, 2.75) is 11.4 Å². The predicted molar refractivity (Wildman–Crippen MR) is 62.6 cm³/mol. The van der Waals surface area contributed by atoms with Crippen LogP contribution >= 0.6 is 11.3 Å². The molecule has 0 fully saturated rings. The van der Waals surface area contributed by atoms with Gasteiger partial charge >= 0.3 is 0 Å². The van der Waals surface area contributed by atoms with Crippen molar-refractivity contribution < 1.29 is 8.42 Å². The zero-order valence-corrected chi connectivity index (χ0v) is 9.96. The first-order valence-corrected chi connectivity index (χ1v) is 7.03. The van der Waals surface area contributed by atoms with Crippen LogP contribution in [0.25, 0.3) is 0 Å². The first-order valence-electron chi connectivity index (χ1n) is 4.60. The number of hydrogen-bond donors (Lipinski definition) is 1. The maximum Gasteiger partial charge on any atom is 0.240 e. The summed E-state index contributed by atoms with van der Waals surface area (Å²) in [6.45, 7) is 0.223. The topological polar surface area (TPSA) is 59.1 Å². The molecule has 0 aliphatic heterocycles. The molecule has 16 heavy (non-hydrogen) atoms. The molecule has 0 aliphatic rings. The lowest BCUT2D eigenvalue weighted by atomic mass is 10.4. The van der Waals surface area contributed by atoms with Gasteiger partial charge in [0.1, 0.15) is 0 Å². The highest BCUT2D eigenvalue weighted by Gasteiger charge is 2.12. The Hall–Kier alpha value is -1.24. The zero-order valence-electron chi connectivity index (χ0n) is 8.33. The minimum atomic E-state index is -3.42. The third-order valence-electron chi connectivity index (χ3n) is 1.98. The smallest absolute Gasteiger partial charge is 0.240 e. The lowest BCUT2D eigenvalue weighted by molar-refractivity contribution is 0.580. The molecule has 1 aromatic carbocycles. The Morgan fingerprint density at radius 2 is 2.00 bits per heavy atom. The fourth-order valence-electron chi connectivity index (χ4n) is 1.18. The van der Waals surface area contributed by atoms with Gasteiger partial charge in [-0.05, 0) is 12.1 Å². The second-order valence-corrected chi connectivity index (χ2v) is 5.60. The molecule has 1 aromatic heterocycles. The molecule has 4 nitrogen and oxygen atoms in total. The van der Waals surface area contributed by atoms with Gasteiger partial charge in [-0.25, -0.2) is 18.1 Å². The van der Waals surface area contributed by atoms with E-state index in [0.29, 0.717) is 0 Å². The highest BCUT2D eigenvalue weighted by molar-refractivity contribution is 7.89. The van der Waals surface area contributed by atoms with Gasteiger partial charge in [0.05, 0.1) is 22.6 Å². The van der Waals surface area contributed by atoms with Crippen LogP contribution in [-0.2, 0) is 16.6 Å². The van der Waals surface area contributed by atoms with Gasteiger partial charge in [0, 0.05) is 5.38 Å². The molecule has 2 rings (SSSR count). The first kappa shape index (κ1) is 11.3. The van der Waals surface area contributed by atoms with Crippen molar-refractivity contribution >= 4 is 21.4 Å². The summed E-state index contributed by atoms with van der Waals surface area (Å²) in [7, 11) is -3.42. The Bertz CT molecular complexity index is 535. The van der Waals surface area contributed by atoms with Gasteiger partial charge in [0.15, 0.2) is 0 Å². The number of sulfonamides is 1. The Morgan fingerprint density at radius 3 is 2.62 bits per heavy atom. The monoisotopic (exact) mass is 254 g/mol. The number of benzene rings is 1. The summed E-state index contributed by atoms with van der Waals surface area (Å²) in [6.07, 6.45) is 0. The van der Waals surface area contributed by atoms with Gasteiger partial charge in [-0.2, -0.15) is 0 Å². The summed E-state index contributed by atoms with van der Waals surface area (Å²) in [4.78, 5) is 4.27. The summed E-state index contributed by atoms with van der Waals surface area (Å²) in [6, 6.07) is 8.28. The maximum atomic E-state index is 11.8. The van der Waals surface area contributed by atoms with Crippen molar-refractivity contribution in [1.82, 2.24) is 9.71 Å². The molecule has 0 unspecified atom stereocenters. The Balaban J connectivity index is 2.10. The largest absolute Gasteiger partial charge is 0.248 e. The number of thiazole rings is 1. The normalized spacial score (nSPS) is 11.5. The van der Waals surface area contributed by atoms with E-state index in [1.54, 1.807) is 35.8 Å². The molecule has 0 atom stereocenters. The van der Waals surface area contributed by atoms with Gasteiger partial charge in [-0.3, -0.25) is 0 Å². The highest BCUT2D eigenvalue weighted by Crippen LogP contribution is 2.08. The van der Waals surface area contributed by atoms with E-state index in [9.17, 15) is 8.42 Å². The molecular weight excluding hydrogens is 244 g/mol. The molecule has 1 N–H and O–H groups in total. The second-order valence-electron chi connectivity index (χ2n) is 3.12. The Morgan fingerprint density at radius 1 is 1.25 bits per heavy atom. The molecule has 0 aliphatic carbocycles. The zero-order chi connectivity index (χ0) is 11.4. The van der Waals surface area contributed by atoms with Crippen LogP contribution in [0.3, 0.4) is 0 Å². The third-order valence-corrected chi connectivity index (χ3v) is 4.03. The fraction of sp³-hybridized carbons (Fsp3) is 0.100. The summed E-state index contributed by atoms with van der Waals surface area (Å²) in [5.74, 6) is 0. The van der Waals surface area contributed by atoms with E-state index < -0.39 is 10.0 Å². The van der Waals surface area contributed by atoms with Gasteiger partial charge in [0.2, 0.25) is 10.0 Å². The Kier molecular flexibility index (Phi) is 3.33. The van der Waals surface area contributed by atoms with Crippen LogP contribution in [0.5, 0.6) is 0 Å². The third kappa shape index (κ3) is 2.66. The summed E-state index contributed by atoms with van der Waals surface area (Å²) >= 11 is 1.44. The van der Waals surface area contributed by atoms with E-state index in [1.807, 2.05) is 5.38 Å². The molecule has 0 saturated carbocycles. The van der Waals surface area contributed by atoms with Crippen molar-refractivity contribution in [2.75, 3.05) is 0 Å². The second kappa shape index (κ2) is 4.73. The van der Waals surface area contributed by atoms with Crippen molar-refractivity contribution in [3.05, 3.63) is 46.9 Å². The standard InChI is InChI=1S/C10H10N2O2S2/c13-16(14,10-4-2-1-3-5-10)12-6-9-7-15-8-11-9/h1-5,7-8,12H,6H2. The van der Waals surface area contributed by atoms with Gasteiger partial charge in [-0.1, -0.05) is 18.2 Å². The van der Waals surface area contributed by atoms with E-state index in [0.717, 1.165) is 5.69 Å². The van der Waals surface area contributed by atoms with Crippen molar-refractivity contribution in [3.8, 4) is 0 Å². The van der Waals surface area contributed by atoms with Crippen LogP contribution in [0.1, 0.15) is 5.69 Å². The number of nitrogens with zero attached hydrogens (tertiary/aromatic N) is 1. The average Bonchev–Trinajstić information content (AvgIpc) is 2.81. The molecule has 1 heterocycles. The lowest BCUT2D eigenvalue weighted by Gasteiger charge is -2.04. The highest BCUT2D eigenvalue weighted by atomic mass is 32.2. The lowest BCUT2D eigenvalue weighted by Crippen LogP contribution is -2.23. The van der Waals surface area contributed by atoms with Crippen LogP contribution in [0.2, 0.25) is 0 Å². The molecule has 0 amide bonds. The summed E-state index contributed by atoms with van der Waals surface area (Å²) in [5.41, 5.74) is 2.40. The maximum absolute atomic E-state index is 11.8. The number of aromatic nitrogens is 1. The number of hydrogen-bond acceptors (Lipinski definition) is 4. The van der Waals surface area contributed by atoms with E-state index in [4.69, 9.17) is 0 Å². The first-order chi connectivity index (χ1) is 7.68. The fourth-order valence-corrected chi connectivity index (χ4v) is 2.76. The van der Waals surface area contributed by atoms with Gasteiger partial charge in [0.25, 0.3) is 0 Å². The van der Waals surface area contributed by atoms with E-state index in [1.165, 1.54) is 11.3 Å². The molecular formula is C10H10N2O2S2. The SMILES string of the molecule is O=S(=O)(NCc1cscn1)c1ccccc1. The minimum Gasteiger partial charge on any atom is -0.248 e. The van der Waals surface area contributed by atoms with Crippen molar-refractivity contribution in [2.24, 2.45) is 0 Å². The van der Waals surface area contributed by atoms with Crippen molar-refractivity contribution in [3.63, 3.8) is 0 Å². The number of rotatable bonds is 4. The molecule has 6 heteroatoms. The van der Waals surface area contributed by atoms with E-state index >= 15 is 0 Å². The molecule has 0 spiro atoms. The van der Waals surface area contributed by atoms with Gasteiger partial charge in [-0.15, -0.1) is 11.3 Å². The molecule has 0 bridgehead atoms. The quantitative estimate of drug-likeness (QED) is 0.902. The molecule has 2 aromatic rings. The van der Waals surface area contributed by atoms with Crippen LogP contribution in [0.4, 0.5) is 0 Å². The van der Waals surface area contributed by atoms with Crippen molar-refractivity contribution in [1.29, 1.82) is 0 Å². The number of nitrogens with one attached hydrogen (secondary N) is 1. The van der Waals surface area contributed by atoms with E-state index in [-0.39, 0.29) is 11.4 Å². The Labute approximate surface area is 98.0 Å².